The zero-order chi connectivity index (χ0) is 21.8. The Balaban J connectivity index is 0.00000130. The maximum absolute atomic E-state index is 2.62. The Morgan fingerprint density at radius 2 is 1.03 bits per heavy atom. The Bertz CT molecular complexity index is 1100. The fourth-order valence-electron chi connectivity index (χ4n) is 6.63. The van der Waals surface area contributed by atoms with Crippen LogP contribution in [-0.2, 0) is 40.3 Å². The van der Waals surface area contributed by atoms with Crippen LogP contribution in [0.15, 0.2) is 47.5 Å². The monoisotopic (exact) mass is 554 g/mol. The molecule has 2 saturated heterocycles. The van der Waals surface area contributed by atoms with E-state index in [1.54, 1.807) is 33.4 Å². The minimum Gasteiger partial charge on any atom is -1.00 e. The van der Waals surface area contributed by atoms with E-state index in [-0.39, 0.29) is 35.6 Å². The van der Waals surface area contributed by atoms with Crippen molar-refractivity contribution in [2.45, 2.75) is 84.3 Å². The molecule has 33 heavy (non-hydrogen) atoms. The zero-order valence-electron chi connectivity index (χ0n) is 20.7. The van der Waals surface area contributed by atoms with Crippen molar-refractivity contribution in [3.8, 4) is 0 Å². The SMILES string of the molecule is CC(C)(C)c1ccc2c(c1)C=C1CCC3=Cc4cc(C(C)(C)C)ccc4[C]34CC[C]12[Zr+2]4.[Cl-].[Cl-]. The summed E-state index contributed by atoms with van der Waals surface area (Å²) in [7, 11) is 0. The molecule has 2 heterocycles. The number of fused-ring (bicyclic) bond motifs is 2. The van der Waals surface area contributed by atoms with Crippen molar-refractivity contribution in [1.82, 2.24) is 0 Å². The van der Waals surface area contributed by atoms with Gasteiger partial charge >= 0.3 is 201 Å². The molecule has 2 bridgehead atoms. The smallest absolute Gasteiger partial charge is 1.00 e. The largest absolute Gasteiger partial charge is 1.00 e. The molecule has 2 aromatic rings. The molecule has 0 N–H and O–H groups in total. The summed E-state index contributed by atoms with van der Waals surface area (Å²) in [6.45, 7) is 14.0. The van der Waals surface area contributed by atoms with Crippen LogP contribution in [0.4, 0.5) is 0 Å². The molecule has 2 unspecified atom stereocenters. The van der Waals surface area contributed by atoms with Crippen molar-refractivity contribution in [2.75, 3.05) is 0 Å². The molecule has 2 fully saturated rings. The summed E-state index contributed by atoms with van der Waals surface area (Å²) in [5, 5.41) is 0. The van der Waals surface area contributed by atoms with Crippen LogP contribution in [0.25, 0.3) is 12.2 Å². The molecule has 0 aromatic heterocycles. The van der Waals surface area contributed by atoms with E-state index < -0.39 is 23.2 Å². The fourth-order valence-corrected chi connectivity index (χ4v) is 13.2. The van der Waals surface area contributed by atoms with Crippen molar-refractivity contribution in [3.05, 3.63) is 80.9 Å². The van der Waals surface area contributed by atoms with Gasteiger partial charge in [-0.25, -0.2) is 0 Å². The molecule has 4 aliphatic rings. The first-order valence-electron chi connectivity index (χ1n) is 12.0. The first-order valence-corrected chi connectivity index (χ1v) is 14.5. The summed E-state index contributed by atoms with van der Waals surface area (Å²) in [4.78, 5) is 0. The Kier molecular flexibility index (Phi) is 6.13. The molecular formula is C30H34Cl2Zr. The van der Waals surface area contributed by atoms with E-state index in [9.17, 15) is 0 Å². The van der Waals surface area contributed by atoms with Gasteiger partial charge in [0.15, 0.2) is 0 Å². The van der Waals surface area contributed by atoms with Crippen molar-refractivity contribution >= 4 is 12.2 Å². The topological polar surface area (TPSA) is 0 Å². The van der Waals surface area contributed by atoms with Gasteiger partial charge in [-0.3, -0.25) is 0 Å². The number of hydrogen-bond acceptors (Lipinski definition) is 0. The molecule has 2 spiro atoms. The van der Waals surface area contributed by atoms with Crippen LogP contribution >= 0.6 is 0 Å². The number of hydrogen-bond donors (Lipinski definition) is 0. The molecule has 3 heteroatoms. The van der Waals surface area contributed by atoms with Crippen molar-refractivity contribution in [2.24, 2.45) is 0 Å². The van der Waals surface area contributed by atoms with E-state index in [1.165, 1.54) is 36.8 Å². The second-order valence-electron chi connectivity index (χ2n) is 12.4. The van der Waals surface area contributed by atoms with Gasteiger partial charge in [-0.05, 0) is 0 Å². The third-order valence-electron chi connectivity index (χ3n) is 8.48. The summed E-state index contributed by atoms with van der Waals surface area (Å²) in [6.07, 6.45) is 10.5. The van der Waals surface area contributed by atoms with Gasteiger partial charge < -0.3 is 24.8 Å². The van der Waals surface area contributed by atoms with E-state index >= 15 is 0 Å². The quantitative estimate of drug-likeness (QED) is 0.465. The summed E-state index contributed by atoms with van der Waals surface area (Å²) < 4.78 is 0.879. The van der Waals surface area contributed by atoms with Gasteiger partial charge in [0.2, 0.25) is 0 Å². The molecule has 2 aliphatic heterocycles. The average molecular weight is 557 g/mol. The Labute approximate surface area is 224 Å². The molecule has 0 radical (unpaired) electrons. The Morgan fingerprint density at radius 1 is 0.636 bits per heavy atom. The molecule has 2 aromatic carbocycles. The maximum Gasteiger partial charge on any atom is -1.00 e. The second kappa shape index (κ2) is 7.95. The number of allylic oxidation sites excluding steroid dienone is 2. The molecular weight excluding hydrogens is 522 g/mol. The van der Waals surface area contributed by atoms with Crippen molar-refractivity contribution in [1.29, 1.82) is 0 Å². The molecule has 0 saturated carbocycles. The van der Waals surface area contributed by atoms with Crippen LogP contribution in [0, 0.1) is 0 Å². The molecule has 0 amide bonds. The first kappa shape index (κ1) is 25.5. The van der Waals surface area contributed by atoms with E-state index in [0.717, 1.165) is 0 Å². The summed E-state index contributed by atoms with van der Waals surface area (Å²) in [5.41, 5.74) is 13.5. The average Bonchev–Trinajstić information content (AvgIpc) is 3.30. The molecule has 6 rings (SSSR count). The van der Waals surface area contributed by atoms with Crippen LogP contribution in [-0.4, -0.2) is 0 Å². The van der Waals surface area contributed by atoms with Gasteiger partial charge in [-0.15, -0.1) is 0 Å². The Hall–Kier alpha value is -0.617. The molecule has 172 valence electrons. The van der Waals surface area contributed by atoms with Crippen molar-refractivity contribution < 1.29 is 48.0 Å². The van der Waals surface area contributed by atoms with E-state index in [2.05, 4.69) is 90.1 Å². The van der Waals surface area contributed by atoms with Gasteiger partial charge in [0.05, 0.1) is 0 Å². The minimum absolute atomic E-state index is 0. The van der Waals surface area contributed by atoms with Gasteiger partial charge in [0.25, 0.3) is 0 Å². The Morgan fingerprint density at radius 3 is 1.39 bits per heavy atom. The molecule has 0 nitrogen and oxygen atoms in total. The normalized spacial score (nSPS) is 26.1. The van der Waals surface area contributed by atoms with Gasteiger partial charge in [-0.1, -0.05) is 0 Å². The van der Waals surface area contributed by atoms with Gasteiger partial charge in [0, 0.05) is 0 Å². The predicted octanol–water partition coefficient (Wildman–Crippen LogP) is 1.84. The van der Waals surface area contributed by atoms with E-state index in [1.807, 2.05) is 0 Å². The van der Waals surface area contributed by atoms with Crippen molar-refractivity contribution in [3.63, 3.8) is 0 Å². The van der Waals surface area contributed by atoms with E-state index in [0.29, 0.717) is 6.25 Å². The van der Waals surface area contributed by atoms with Crippen LogP contribution in [0.2, 0.25) is 0 Å². The standard InChI is InChI=1S/C30H34.2ClH.Zr/c1-29(2,3)23-9-11-27-21(17-23)15-19-7-8-20-16-22-18-24(30(4,5)6)10-12-28(22)26(20)14-13-25(19)27;;;/h9-12,15-18H,7-8,13-14H2,1-6H3;2*1H;/q;;;+2/p-2. The zero-order valence-corrected chi connectivity index (χ0v) is 24.7. The second-order valence-corrected chi connectivity index (χ2v) is 17.2. The molecule has 2 aliphatic carbocycles. The summed E-state index contributed by atoms with van der Waals surface area (Å²) >= 11 is -0.772. The number of rotatable bonds is 0. The van der Waals surface area contributed by atoms with Crippen LogP contribution < -0.4 is 24.8 Å². The van der Waals surface area contributed by atoms with Crippen LogP contribution in [0.3, 0.4) is 0 Å². The fraction of sp³-hybridized carbons (Fsp3) is 0.467. The molecule has 2 atom stereocenters. The third-order valence-corrected chi connectivity index (χ3v) is 14.7. The summed E-state index contributed by atoms with van der Waals surface area (Å²) in [6, 6.07) is 15.0. The third kappa shape index (κ3) is 3.55. The van der Waals surface area contributed by atoms with Crippen LogP contribution in [0.5, 0.6) is 0 Å². The number of halogens is 2. The minimum atomic E-state index is -0.772. The first-order chi connectivity index (χ1) is 14.5. The number of benzene rings is 2. The van der Waals surface area contributed by atoms with E-state index in [4.69, 9.17) is 0 Å². The van der Waals surface area contributed by atoms with Gasteiger partial charge in [-0.2, -0.15) is 0 Å². The van der Waals surface area contributed by atoms with Crippen LogP contribution in [0.1, 0.15) is 101 Å². The summed E-state index contributed by atoms with van der Waals surface area (Å²) in [5.74, 6) is 0. The predicted molar refractivity (Wildman–Crippen MR) is 128 cm³/mol. The maximum atomic E-state index is 2.62. The van der Waals surface area contributed by atoms with Gasteiger partial charge in [0.1, 0.15) is 0 Å².